The van der Waals surface area contributed by atoms with E-state index in [0.717, 1.165) is 31.7 Å². The lowest BCUT2D eigenvalue weighted by molar-refractivity contribution is 0.0692. The van der Waals surface area contributed by atoms with E-state index in [1.54, 1.807) is 0 Å². The van der Waals surface area contributed by atoms with Crippen molar-refractivity contribution in [2.75, 3.05) is 5.32 Å². The normalized spacial score (nSPS) is 18.8. The summed E-state index contributed by atoms with van der Waals surface area (Å²) in [5.41, 5.74) is -0.148. The zero-order valence-electron chi connectivity index (χ0n) is 11.7. The standard InChI is InChI=1S/C15H19F2NO2/c1-15(2)5-3-9(4-6-15)18-13-7-10(14(19)20)11(16)8-12(13)17/h7-9,18H,3-6H2,1-2H3,(H,19,20). The van der Waals surface area contributed by atoms with Gasteiger partial charge in [-0.25, -0.2) is 13.6 Å². The van der Waals surface area contributed by atoms with Crippen LogP contribution in [0.25, 0.3) is 0 Å². The number of benzene rings is 1. The SMILES string of the molecule is CC1(C)CCC(Nc2cc(C(=O)O)c(F)cc2F)CC1. The number of hydrogen-bond acceptors (Lipinski definition) is 2. The van der Waals surface area contributed by atoms with Crippen LogP contribution in [0.3, 0.4) is 0 Å². The Balaban J connectivity index is 2.14. The fourth-order valence-corrected chi connectivity index (χ4v) is 2.59. The summed E-state index contributed by atoms with van der Waals surface area (Å²) < 4.78 is 27.0. The first-order valence-electron chi connectivity index (χ1n) is 6.77. The van der Waals surface area contributed by atoms with Gasteiger partial charge in [0.05, 0.1) is 11.3 Å². The van der Waals surface area contributed by atoms with Gasteiger partial charge in [-0.05, 0) is 37.2 Å². The van der Waals surface area contributed by atoms with E-state index >= 15 is 0 Å². The zero-order chi connectivity index (χ0) is 14.9. The van der Waals surface area contributed by atoms with Crippen LogP contribution in [0, 0.1) is 17.0 Å². The van der Waals surface area contributed by atoms with Gasteiger partial charge in [0.15, 0.2) is 0 Å². The minimum Gasteiger partial charge on any atom is -0.478 e. The molecule has 0 atom stereocenters. The maximum Gasteiger partial charge on any atom is 0.338 e. The van der Waals surface area contributed by atoms with E-state index in [4.69, 9.17) is 5.11 Å². The van der Waals surface area contributed by atoms with Crippen molar-refractivity contribution in [1.82, 2.24) is 0 Å². The predicted octanol–water partition coefficient (Wildman–Crippen LogP) is 4.04. The number of carbonyl (C=O) groups is 1. The van der Waals surface area contributed by atoms with Gasteiger partial charge in [-0.2, -0.15) is 0 Å². The molecule has 1 fully saturated rings. The summed E-state index contributed by atoms with van der Waals surface area (Å²) in [5.74, 6) is -3.20. The molecule has 1 saturated carbocycles. The molecule has 20 heavy (non-hydrogen) atoms. The molecular formula is C15H19F2NO2. The van der Waals surface area contributed by atoms with Gasteiger partial charge in [0.1, 0.15) is 11.6 Å². The molecule has 1 aliphatic rings. The Bertz CT molecular complexity index is 519. The molecule has 2 N–H and O–H groups in total. The first-order chi connectivity index (χ1) is 9.28. The van der Waals surface area contributed by atoms with Crippen molar-refractivity contribution in [2.45, 2.75) is 45.6 Å². The second-order valence-electron chi connectivity index (χ2n) is 6.20. The fourth-order valence-electron chi connectivity index (χ4n) is 2.59. The molecule has 0 amide bonds. The molecule has 1 aromatic carbocycles. The molecule has 110 valence electrons. The van der Waals surface area contributed by atoms with Crippen LogP contribution >= 0.6 is 0 Å². The van der Waals surface area contributed by atoms with Crippen molar-refractivity contribution in [1.29, 1.82) is 0 Å². The van der Waals surface area contributed by atoms with Gasteiger partial charge >= 0.3 is 5.97 Å². The third-order valence-electron chi connectivity index (χ3n) is 3.99. The van der Waals surface area contributed by atoms with Gasteiger partial charge in [-0.3, -0.25) is 0 Å². The Kier molecular flexibility index (Phi) is 3.97. The summed E-state index contributed by atoms with van der Waals surface area (Å²) >= 11 is 0. The largest absolute Gasteiger partial charge is 0.478 e. The average Bonchev–Trinajstić information content (AvgIpc) is 2.34. The molecular weight excluding hydrogens is 264 g/mol. The molecule has 0 heterocycles. The van der Waals surface area contributed by atoms with Gasteiger partial charge < -0.3 is 10.4 Å². The summed E-state index contributed by atoms with van der Waals surface area (Å²) in [4.78, 5) is 10.9. The fraction of sp³-hybridized carbons (Fsp3) is 0.533. The van der Waals surface area contributed by atoms with Crippen LogP contribution in [-0.2, 0) is 0 Å². The Morgan fingerprint density at radius 3 is 2.40 bits per heavy atom. The minimum atomic E-state index is -1.39. The molecule has 1 aliphatic carbocycles. The topological polar surface area (TPSA) is 49.3 Å². The van der Waals surface area contributed by atoms with E-state index in [1.165, 1.54) is 0 Å². The average molecular weight is 283 g/mol. The molecule has 0 spiro atoms. The molecule has 3 nitrogen and oxygen atoms in total. The predicted molar refractivity (Wildman–Crippen MR) is 73.0 cm³/mol. The van der Waals surface area contributed by atoms with E-state index in [0.29, 0.717) is 11.5 Å². The summed E-state index contributed by atoms with van der Waals surface area (Å²) in [6.07, 6.45) is 3.84. The zero-order valence-corrected chi connectivity index (χ0v) is 11.7. The van der Waals surface area contributed by atoms with Crippen LogP contribution in [0.2, 0.25) is 0 Å². The molecule has 2 rings (SSSR count). The van der Waals surface area contributed by atoms with Crippen molar-refractivity contribution in [3.05, 3.63) is 29.3 Å². The van der Waals surface area contributed by atoms with Crippen LogP contribution < -0.4 is 5.32 Å². The highest BCUT2D eigenvalue weighted by molar-refractivity contribution is 5.89. The van der Waals surface area contributed by atoms with Crippen molar-refractivity contribution in [3.8, 4) is 0 Å². The number of halogens is 2. The summed E-state index contributed by atoms with van der Waals surface area (Å²) in [6.45, 7) is 4.40. The molecule has 0 saturated heterocycles. The molecule has 5 heteroatoms. The number of anilines is 1. The highest BCUT2D eigenvalue weighted by Crippen LogP contribution is 2.36. The lowest BCUT2D eigenvalue weighted by atomic mass is 9.75. The Morgan fingerprint density at radius 2 is 1.85 bits per heavy atom. The summed E-state index contributed by atoms with van der Waals surface area (Å²) in [6, 6.07) is 1.76. The van der Waals surface area contributed by atoms with Crippen LogP contribution in [0.1, 0.15) is 49.9 Å². The number of hydrogen-bond donors (Lipinski definition) is 2. The van der Waals surface area contributed by atoms with E-state index in [1.807, 2.05) is 0 Å². The van der Waals surface area contributed by atoms with Crippen molar-refractivity contribution in [3.63, 3.8) is 0 Å². The second kappa shape index (κ2) is 5.38. The third-order valence-corrected chi connectivity index (χ3v) is 3.99. The van der Waals surface area contributed by atoms with Gasteiger partial charge in [0, 0.05) is 12.1 Å². The number of nitrogens with one attached hydrogen (secondary N) is 1. The summed E-state index contributed by atoms with van der Waals surface area (Å²) in [7, 11) is 0. The molecule has 0 radical (unpaired) electrons. The maximum atomic E-state index is 13.7. The highest BCUT2D eigenvalue weighted by atomic mass is 19.1. The Morgan fingerprint density at radius 1 is 1.25 bits per heavy atom. The van der Waals surface area contributed by atoms with Crippen molar-refractivity contribution in [2.24, 2.45) is 5.41 Å². The molecule has 0 unspecified atom stereocenters. The number of rotatable bonds is 3. The van der Waals surface area contributed by atoms with E-state index in [9.17, 15) is 13.6 Å². The summed E-state index contributed by atoms with van der Waals surface area (Å²) in [5, 5.41) is 11.9. The minimum absolute atomic E-state index is 0.0634. The second-order valence-corrected chi connectivity index (χ2v) is 6.20. The van der Waals surface area contributed by atoms with E-state index in [-0.39, 0.29) is 11.7 Å². The van der Waals surface area contributed by atoms with Crippen molar-refractivity contribution >= 4 is 11.7 Å². The Hall–Kier alpha value is -1.65. The quantitative estimate of drug-likeness (QED) is 0.880. The van der Waals surface area contributed by atoms with Crippen LogP contribution in [0.4, 0.5) is 14.5 Å². The number of carboxylic acids is 1. The van der Waals surface area contributed by atoms with Gasteiger partial charge in [-0.15, -0.1) is 0 Å². The van der Waals surface area contributed by atoms with Crippen LogP contribution in [0.5, 0.6) is 0 Å². The lowest BCUT2D eigenvalue weighted by Crippen LogP contribution is -2.30. The lowest BCUT2D eigenvalue weighted by Gasteiger charge is -2.35. The third kappa shape index (κ3) is 3.26. The molecule has 0 bridgehead atoms. The van der Waals surface area contributed by atoms with Crippen LogP contribution in [0.15, 0.2) is 12.1 Å². The molecule has 1 aromatic rings. The Labute approximate surface area is 117 Å². The smallest absolute Gasteiger partial charge is 0.338 e. The van der Waals surface area contributed by atoms with Crippen molar-refractivity contribution < 1.29 is 18.7 Å². The highest BCUT2D eigenvalue weighted by Gasteiger charge is 2.27. The maximum absolute atomic E-state index is 13.7. The van der Waals surface area contributed by atoms with Gasteiger partial charge in [0.2, 0.25) is 0 Å². The first-order valence-corrected chi connectivity index (χ1v) is 6.77. The molecule has 0 aliphatic heterocycles. The van der Waals surface area contributed by atoms with E-state index < -0.39 is 23.2 Å². The van der Waals surface area contributed by atoms with Crippen LogP contribution in [-0.4, -0.2) is 17.1 Å². The van der Waals surface area contributed by atoms with Gasteiger partial charge in [0.25, 0.3) is 0 Å². The molecule has 0 aromatic heterocycles. The monoisotopic (exact) mass is 283 g/mol. The number of carboxylic acid groups (broad SMARTS) is 1. The van der Waals surface area contributed by atoms with Gasteiger partial charge in [-0.1, -0.05) is 13.8 Å². The number of aromatic carboxylic acids is 1. The van der Waals surface area contributed by atoms with E-state index in [2.05, 4.69) is 19.2 Å². The first kappa shape index (κ1) is 14.8.